The summed E-state index contributed by atoms with van der Waals surface area (Å²) in [7, 11) is 3.75. The van der Waals surface area contributed by atoms with Gasteiger partial charge in [0.25, 0.3) is 0 Å². The highest BCUT2D eigenvalue weighted by Crippen LogP contribution is 2.29. The Labute approximate surface area is 208 Å². The molecule has 13 heteroatoms. The highest BCUT2D eigenvalue weighted by atomic mass is 19.1. The van der Waals surface area contributed by atoms with Crippen molar-refractivity contribution < 1.29 is 23.1 Å². The average molecular weight is 505 g/mol. The van der Waals surface area contributed by atoms with Crippen LogP contribution in [0.25, 0.3) is 0 Å². The summed E-state index contributed by atoms with van der Waals surface area (Å²) in [6.07, 6.45) is 1.80. The van der Waals surface area contributed by atoms with Gasteiger partial charge in [-0.15, -0.1) is 0 Å². The van der Waals surface area contributed by atoms with Gasteiger partial charge >= 0.3 is 6.03 Å². The molecule has 4 aliphatic heterocycles. The third kappa shape index (κ3) is 4.87. The van der Waals surface area contributed by atoms with Gasteiger partial charge in [-0.05, 0) is 7.05 Å². The lowest BCUT2D eigenvalue weighted by molar-refractivity contribution is -0.135. The van der Waals surface area contributed by atoms with Gasteiger partial charge in [0, 0.05) is 64.6 Å². The van der Waals surface area contributed by atoms with Crippen molar-refractivity contribution in [1.82, 2.24) is 29.8 Å². The highest BCUT2D eigenvalue weighted by Gasteiger charge is 2.33. The zero-order valence-electron chi connectivity index (χ0n) is 20.4. The van der Waals surface area contributed by atoms with Crippen molar-refractivity contribution in [2.75, 3.05) is 84.6 Å². The van der Waals surface area contributed by atoms with Crippen molar-refractivity contribution in [3.05, 3.63) is 35.8 Å². The van der Waals surface area contributed by atoms with Crippen molar-refractivity contribution in [2.45, 2.75) is 0 Å². The standard InChI is InChI=1S/C23H30F2N8O3/c1-28-3-4-30(20(34)14-28)9-10-36-16-11-17(24)21(18(25)12-16)31-5-7-32(8-6-31)22-26-19-13-29(2)15-33(19)23(35)27-22/h11-13H,3-10,14-15H2,1-2H3,(H,26,27,35). The minimum atomic E-state index is -0.702. The Hall–Kier alpha value is -3.61. The normalized spacial score (nSPS) is 20.9. The average Bonchev–Trinajstić information content (AvgIpc) is 3.21. The summed E-state index contributed by atoms with van der Waals surface area (Å²) < 4.78 is 35.4. The van der Waals surface area contributed by atoms with Crippen LogP contribution in [0.15, 0.2) is 29.1 Å². The van der Waals surface area contributed by atoms with Crippen LogP contribution in [0.1, 0.15) is 0 Å². The van der Waals surface area contributed by atoms with Crippen LogP contribution in [0.5, 0.6) is 5.75 Å². The Morgan fingerprint density at radius 1 is 1.00 bits per heavy atom. The SMILES string of the molecule is CN1C=C2N=C(N3CCN(c4c(F)cc(OCCN5CCN(C)CC5=O)cc4F)CC3)NC(=O)N2C1. The number of hydrogen-bond acceptors (Lipinski definition) is 8. The second kappa shape index (κ2) is 9.80. The molecule has 1 aromatic carbocycles. The van der Waals surface area contributed by atoms with Gasteiger partial charge < -0.3 is 24.3 Å². The summed E-state index contributed by atoms with van der Waals surface area (Å²) in [4.78, 5) is 39.5. The number of likely N-dealkylation sites (N-methyl/N-ethyl adjacent to an activating group) is 1. The summed E-state index contributed by atoms with van der Waals surface area (Å²) in [5.74, 6) is -0.279. The monoisotopic (exact) mass is 504 g/mol. The minimum absolute atomic E-state index is 0.0163. The van der Waals surface area contributed by atoms with E-state index in [1.807, 2.05) is 28.8 Å². The molecule has 0 bridgehead atoms. The number of carbonyl (C=O) groups is 2. The maximum Gasteiger partial charge on any atom is 0.331 e. The van der Waals surface area contributed by atoms with Crippen LogP contribution >= 0.6 is 0 Å². The number of nitrogens with zero attached hydrogens (tertiary/aromatic N) is 7. The molecule has 4 heterocycles. The van der Waals surface area contributed by atoms with Crippen molar-refractivity contribution >= 4 is 23.6 Å². The first kappa shape index (κ1) is 24.1. The van der Waals surface area contributed by atoms with Crippen LogP contribution < -0.4 is 15.0 Å². The van der Waals surface area contributed by atoms with Gasteiger partial charge in [0.1, 0.15) is 24.7 Å². The molecular weight excluding hydrogens is 474 g/mol. The maximum atomic E-state index is 14.9. The lowest BCUT2D eigenvalue weighted by atomic mass is 10.2. The number of fused-ring (bicyclic) bond motifs is 1. The molecule has 3 amide bonds. The fourth-order valence-electron chi connectivity index (χ4n) is 4.72. The molecule has 36 heavy (non-hydrogen) atoms. The van der Waals surface area contributed by atoms with Crippen LogP contribution in [0.3, 0.4) is 0 Å². The fourth-order valence-corrected chi connectivity index (χ4v) is 4.72. The van der Waals surface area contributed by atoms with Crippen molar-refractivity contribution in [3.63, 3.8) is 0 Å². The summed E-state index contributed by atoms with van der Waals surface area (Å²) >= 11 is 0. The molecule has 0 spiro atoms. The summed E-state index contributed by atoms with van der Waals surface area (Å²) in [6.45, 7) is 4.32. The molecule has 1 aromatic rings. The number of piperazine rings is 2. The molecule has 0 unspecified atom stereocenters. The first-order valence-electron chi connectivity index (χ1n) is 12.0. The Morgan fingerprint density at radius 3 is 2.39 bits per heavy atom. The van der Waals surface area contributed by atoms with Gasteiger partial charge in [-0.1, -0.05) is 0 Å². The van der Waals surface area contributed by atoms with Crippen molar-refractivity contribution in [2.24, 2.45) is 4.99 Å². The number of urea groups is 1. The van der Waals surface area contributed by atoms with Gasteiger partial charge in [0.15, 0.2) is 17.5 Å². The van der Waals surface area contributed by atoms with Gasteiger partial charge in [0.05, 0.1) is 13.1 Å². The van der Waals surface area contributed by atoms with Gasteiger partial charge in [0.2, 0.25) is 11.9 Å². The molecule has 194 valence electrons. The number of nitrogens with one attached hydrogen (secondary N) is 1. The van der Waals surface area contributed by atoms with E-state index in [0.29, 0.717) is 64.3 Å². The third-order valence-corrected chi connectivity index (χ3v) is 6.69. The summed E-state index contributed by atoms with van der Waals surface area (Å²) in [5.41, 5.74) is -0.0998. The Kier molecular flexibility index (Phi) is 6.56. The second-order valence-corrected chi connectivity index (χ2v) is 9.36. The number of anilines is 1. The minimum Gasteiger partial charge on any atom is -0.492 e. The number of aliphatic imine (C=N–C) groups is 1. The summed E-state index contributed by atoms with van der Waals surface area (Å²) in [5, 5.41) is 2.80. The van der Waals surface area contributed by atoms with E-state index < -0.39 is 11.6 Å². The van der Waals surface area contributed by atoms with Crippen LogP contribution in [0.4, 0.5) is 19.3 Å². The molecule has 0 atom stereocenters. The predicted molar refractivity (Wildman–Crippen MR) is 128 cm³/mol. The van der Waals surface area contributed by atoms with E-state index in [-0.39, 0.29) is 30.0 Å². The number of carbonyl (C=O) groups excluding carboxylic acids is 2. The Bertz CT molecular complexity index is 1080. The zero-order chi connectivity index (χ0) is 25.4. The van der Waals surface area contributed by atoms with Crippen molar-refractivity contribution in [3.8, 4) is 5.75 Å². The smallest absolute Gasteiger partial charge is 0.331 e. The molecule has 0 aliphatic carbocycles. The molecule has 0 radical (unpaired) electrons. The van der Waals surface area contributed by atoms with E-state index in [1.54, 1.807) is 16.0 Å². The van der Waals surface area contributed by atoms with Gasteiger partial charge in [-0.3, -0.25) is 19.9 Å². The molecule has 2 saturated heterocycles. The number of hydrogen-bond donors (Lipinski definition) is 1. The lowest BCUT2D eigenvalue weighted by Crippen LogP contribution is -2.57. The number of amides is 3. The molecule has 2 fully saturated rings. The molecule has 1 N–H and O–H groups in total. The zero-order valence-corrected chi connectivity index (χ0v) is 20.4. The molecular formula is C23H30F2N8O3. The van der Waals surface area contributed by atoms with E-state index >= 15 is 0 Å². The van der Waals surface area contributed by atoms with E-state index in [0.717, 1.165) is 6.54 Å². The predicted octanol–water partition coefficient (Wildman–Crippen LogP) is 0.323. The van der Waals surface area contributed by atoms with E-state index in [9.17, 15) is 18.4 Å². The lowest BCUT2D eigenvalue weighted by Gasteiger charge is -2.39. The molecule has 0 saturated carbocycles. The van der Waals surface area contributed by atoms with Gasteiger partial charge in [-0.25, -0.2) is 13.6 Å². The number of rotatable bonds is 5. The quantitative estimate of drug-likeness (QED) is 0.618. The molecule has 5 rings (SSSR count). The molecule has 4 aliphatic rings. The number of halogens is 2. The van der Waals surface area contributed by atoms with Crippen molar-refractivity contribution in [1.29, 1.82) is 0 Å². The van der Waals surface area contributed by atoms with Crippen LogP contribution in [0, 0.1) is 11.6 Å². The Morgan fingerprint density at radius 2 is 1.69 bits per heavy atom. The Balaban J connectivity index is 1.17. The second-order valence-electron chi connectivity index (χ2n) is 9.36. The topological polar surface area (TPSA) is 87.2 Å². The fraction of sp³-hybridized carbons (Fsp3) is 0.522. The van der Waals surface area contributed by atoms with E-state index in [2.05, 4.69) is 10.3 Å². The van der Waals surface area contributed by atoms with Crippen LogP contribution in [0.2, 0.25) is 0 Å². The first-order chi connectivity index (χ1) is 17.3. The molecule has 11 nitrogen and oxygen atoms in total. The van der Waals surface area contributed by atoms with Crippen LogP contribution in [-0.2, 0) is 4.79 Å². The number of guanidine groups is 1. The third-order valence-electron chi connectivity index (χ3n) is 6.69. The van der Waals surface area contributed by atoms with Gasteiger partial charge in [-0.2, -0.15) is 4.99 Å². The van der Waals surface area contributed by atoms with Crippen LogP contribution in [-0.4, -0.2) is 122 Å². The first-order valence-corrected chi connectivity index (χ1v) is 12.0. The highest BCUT2D eigenvalue weighted by molar-refractivity contribution is 5.99. The number of benzene rings is 1. The number of ether oxygens (including phenoxy) is 1. The summed E-state index contributed by atoms with van der Waals surface area (Å²) in [6, 6.07) is 2.11. The maximum absolute atomic E-state index is 14.9. The van der Waals surface area contributed by atoms with E-state index in [4.69, 9.17) is 4.74 Å². The van der Waals surface area contributed by atoms with E-state index in [1.165, 1.54) is 17.0 Å². The largest absolute Gasteiger partial charge is 0.492 e. The molecule has 0 aromatic heterocycles.